The fourth-order valence-corrected chi connectivity index (χ4v) is 2.56. The first-order valence-electron chi connectivity index (χ1n) is 3.36. The third-order valence-electron chi connectivity index (χ3n) is 1.45. The third kappa shape index (κ3) is 2.43. The van der Waals surface area contributed by atoms with Crippen LogP contribution in [-0.4, -0.2) is 15.5 Å². The average molecular weight is 285 g/mol. The molecule has 0 aliphatic heterocycles. The molecule has 0 unspecified atom stereocenters. The van der Waals surface area contributed by atoms with E-state index in [4.69, 9.17) is 11.6 Å². The second-order valence-electron chi connectivity index (χ2n) is 2.28. The van der Waals surface area contributed by atoms with Gasteiger partial charge in [-0.05, 0) is 25.2 Å². The summed E-state index contributed by atoms with van der Waals surface area (Å²) in [5.41, 5.74) is 0. The van der Waals surface area contributed by atoms with Crippen LogP contribution in [0.3, 0.4) is 0 Å². The standard InChI is InChI=1S/C7H7BrClNO2S/c1-10-13(11,12)7-3-2-5(8)4-6(7)9/h2-4,10H,1H3. The SMILES string of the molecule is CNS(=O)(=O)c1ccc(Br)cc1Cl. The first kappa shape index (κ1) is 11.0. The van der Waals surface area contributed by atoms with Crippen molar-refractivity contribution in [3.05, 3.63) is 27.7 Å². The summed E-state index contributed by atoms with van der Waals surface area (Å²) in [6.07, 6.45) is 0. The van der Waals surface area contributed by atoms with Gasteiger partial charge in [0.1, 0.15) is 4.90 Å². The molecule has 13 heavy (non-hydrogen) atoms. The van der Waals surface area contributed by atoms with Crippen LogP contribution >= 0.6 is 27.5 Å². The number of rotatable bonds is 2. The van der Waals surface area contributed by atoms with Crippen molar-refractivity contribution in [2.75, 3.05) is 7.05 Å². The summed E-state index contributed by atoms with van der Waals surface area (Å²) in [6.45, 7) is 0. The molecule has 1 aromatic rings. The topological polar surface area (TPSA) is 46.2 Å². The molecule has 1 aromatic carbocycles. The highest BCUT2D eigenvalue weighted by Gasteiger charge is 2.14. The lowest BCUT2D eigenvalue weighted by atomic mass is 10.4. The summed E-state index contributed by atoms with van der Waals surface area (Å²) in [7, 11) is -2.11. The number of hydrogen-bond donors (Lipinski definition) is 1. The van der Waals surface area contributed by atoms with Gasteiger partial charge in [-0.3, -0.25) is 0 Å². The largest absolute Gasteiger partial charge is 0.241 e. The molecule has 0 aliphatic rings. The molecule has 0 aliphatic carbocycles. The van der Waals surface area contributed by atoms with Gasteiger partial charge >= 0.3 is 0 Å². The Bertz CT molecular complexity index is 419. The van der Waals surface area contributed by atoms with E-state index in [2.05, 4.69) is 20.7 Å². The highest BCUT2D eigenvalue weighted by atomic mass is 79.9. The van der Waals surface area contributed by atoms with Crippen LogP contribution in [0.4, 0.5) is 0 Å². The molecule has 0 saturated heterocycles. The molecule has 0 radical (unpaired) electrons. The van der Waals surface area contributed by atoms with E-state index >= 15 is 0 Å². The fraction of sp³-hybridized carbons (Fsp3) is 0.143. The molecule has 0 amide bonds. The molecule has 1 rings (SSSR count). The summed E-state index contributed by atoms with van der Waals surface area (Å²) in [5.74, 6) is 0. The van der Waals surface area contributed by atoms with Crippen molar-refractivity contribution >= 4 is 37.6 Å². The fourth-order valence-electron chi connectivity index (χ4n) is 0.803. The Kier molecular flexibility index (Phi) is 3.34. The Hall–Kier alpha value is -0.100. The summed E-state index contributed by atoms with van der Waals surface area (Å²) in [5, 5.41) is 0.198. The minimum absolute atomic E-state index is 0.0832. The van der Waals surface area contributed by atoms with Gasteiger partial charge in [-0.25, -0.2) is 13.1 Å². The molecule has 0 heterocycles. The molecule has 0 spiro atoms. The lowest BCUT2D eigenvalue weighted by Gasteiger charge is -2.04. The van der Waals surface area contributed by atoms with Gasteiger partial charge in [0.2, 0.25) is 10.0 Å². The predicted molar refractivity (Wildman–Crippen MR) is 55.4 cm³/mol. The molecule has 72 valence electrons. The molecule has 1 N–H and O–H groups in total. The smallest absolute Gasteiger partial charge is 0.214 e. The van der Waals surface area contributed by atoms with Gasteiger partial charge < -0.3 is 0 Å². The van der Waals surface area contributed by atoms with Crippen molar-refractivity contribution in [3.8, 4) is 0 Å². The normalized spacial score (nSPS) is 11.6. The lowest BCUT2D eigenvalue weighted by molar-refractivity contribution is 0.588. The van der Waals surface area contributed by atoms with Crippen LogP contribution < -0.4 is 4.72 Å². The number of halogens is 2. The summed E-state index contributed by atoms with van der Waals surface area (Å²) >= 11 is 8.93. The molecular formula is C7H7BrClNO2S. The summed E-state index contributed by atoms with van der Waals surface area (Å²) in [4.78, 5) is 0.0832. The maximum atomic E-state index is 11.3. The first-order valence-corrected chi connectivity index (χ1v) is 6.01. The zero-order valence-corrected chi connectivity index (χ0v) is 9.87. The van der Waals surface area contributed by atoms with Crippen LogP contribution in [0.5, 0.6) is 0 Å². The quantitative estimate of drug-likeness (QED) is 0.903. The van der Waals surface area contributed by atoms with Gasteiger partial charge in [0, 0.05) is 4.47 Å². The number of nitrogens with one attached hydrogen (secondary N) is 1. The van der Waals surface area contributed by atoms with E-state index in [-0.39, 0.29) is 9.92 Å². The molecule has 0 bridgehead atoms. The molecule has 3 nitrogen and oxygen atoms in total. The molecule has 0 aromatic heterocycles. The van der Waals surface area contributed by atoms with Gasteiger partial charge in [0.15, 0.2) is 0 Å². The molecule has 0 fully saturated rings. The van der Waals surface area contributed by atoms with Crippen molar-refractivity contribution in [1.29, 1.82) is 0 Å². The van der Waals surface area contributed by atoms with Crippen LogP contribution in [0.1, 0.15) is 0 Å². The summed E-state index contributed by atoms with van der Waals surface area (Å²) < 4.78 is 25.6. The van der Waals surface area contributed by atoms with Crippen LogP contribution in [0.15, 0.2) is 27.6 Å². The minimum Gasteiger partial charge on any atom is -0.214 e. The Balaban J connectivity index is 3.33. The molecule has 6 heteroatoms. The third-order valence-corrected chi connectivity index (χ3v) is 3.84. The molecular weight excluding hydrogens is 278 g/mol. The number of hydrogen-bond acceptors (Lipinski definition) is 2. The minimum atomic E-state index is -3.45. The van der Waals surface area contributed by atoms with Crippen LogP contribution in [0.25, 0.3) is 0 Å². The van der Waals surface area contributed by atoms with Crippen molar-refractivity contribution in [2.24, 2.45) is 0 Å². The maximum absolute atomic E-state index is 11.3. The van der Waals surface area contributed by atoms with Crippen molar-refractivity contribution in [2.45, 2.75) is 4.90 Å². The number of sulfonamides is 1. The Morgan fingerprint density at radius 2 is 2.08 bits per heavy atom. The second-order valence-corrected chi connectivity index (χ2v) is 5.46. The monoisotopic (exact) mass is 283 g/mol. The van der Waals surface area contributed by atoms with E-state index in [1.54, 1.807) is 6.07 Å². The Morgan fingerprint density at radius 3 is 2.54 bits per heavy atom. The van der Waals surface area contributed by atoms with E-state index in [0.717, 1.165) is 4.47 Å². The van der Waals surface area contributed by atoms with Crippen LogP contribution in [0.2, 0.25) is 5.02 Å². The van der Waals surface area contributed by atoms with Crippen LogP contribution in [-0.2, 0) is 10.0 Å². The highest BCUT2D eigenvalue weighted by Crippen LogP contribution is 2.24. The van der Waals surface area contributed by atoms with E-state index < -0.39 is 10.0 Å². The number of benzene rings is 1. The predicted octanol–water partition coefficient (Wildman–Crippen LogP) is 2.01. The van der Waals surface area contributed by atoms with E-state index in [9.17, 15) is 8.42 Å². The molecule has 0 atom stereocenters. The van der Waals surface area contributed by atoms with Gasteiger partial charge in [-0.2, -0.15) is 0 Å². The van der Waals surface area contributed by atoms with Gasteiger partial charge in [0.25, 0.3) is 0 Å². The average Bonchev–Trinajstić information content (AvgIpc) is 2.03. The van der Waals surface area contributed by atoms with Gasteiger partial charge in [-0.15, -0.1) is 0 Å². The molecule has 0 saturated carbocycles. The maximum Gasteiger partial charge on any atom is 0.241 e. The Morgan fingerprint density at radius 1 is 1.46 bits per heavy atom. The van der Waals surface area contributed by atoms with Crippen LogP contribution in [0, 0.1) is 0 Å². The van der Waals surface area contributed by atoms with Crippen molar-refractivity contribution < 1.29 is 8.42 Å². The second kappa shape index (κ2) is 3.96. The Labute approximate surface area is 90.3 Å². The summed E-state index contributed by atoms with van der Waals surface area (Å²) in [6, 6.07) is 4.60. The zero-order chi connectivity index (χ0) is 10.1. The van der Waals surface area contributed by atoms with Crippen molar-refractivity contribution in [3.63, 3.8) is 0 Å². The van der Waals surface area contributed by atoms with E-state index in [1.807, 2.05) is 0 Å². The van der Waals surface area contributed by atoms with Crippen molar-refractivity contribution in [1.82, 2.24) is 4.72 Å². The highest BCUT2D eigenvalue weighted by molar-refractivity contribution is 9.10. The first-order chi connectivity index (χ1) is 5.97. The van der Waals surface area contributed by atoms with E-state index in [1.165, 1.54) is 19.2 Å². The lowest BCUT2D eigenvalue weighted by Crippen LogP contribution is -2.18. The van der Waals surface area contributed by atoms with Gasteiger partial charge in [0.05, 0.1) is 5.02 Å². The zero-order valence-electron chi connectivity index (χ0n) is 6.71. The van der Waals surface area contributed by atoms with E-state index in [0.29, 0.717) is 0 Å². The van der Waals surface area contributed by atoms with Gasteiger partial charge in [-0.1, -0.05) is 27.5 Å².